The fourth-order valence-electron chi connectivity index (χ4n) is 4.90. The summed E-state index contributed by atoms with van der Waals surface area (Å²) in [6, 6.07) is 19.1. The lowest BCUT2D eigenvalue weighted by Gasteiger charge is -2.28. The summed E-state index contributed by atoms with van der Waals surface area (Å²) in [6.45, 7) is 0. The Hall–Kier alpha value is -3.34. The molecule has 1 aliphatic carbocycles. The summed E-state index contributed by atoms with van der Waals surface area (Å²) in [4.78, 5) is 12.0. The zero-order chi connectivity index (χ0) is 23.7. The third kappa shape index (κ3) is 4.65. The molecule has 2 atom stereocenters. The molecule has 5 rings (SSSR count). The number of benzene rings is 3. The van der Waals surface area contributed by atoms with Crippen LogP contribution in [0.15, 0.2) is 60.7 Å². The third-order valence-electron chi connectivity index (χ3n) is 7.04. The van der Waals surface area contributed by atoms with Gasteiger partial charge in [0.25, 0.3) is 0 Å². The van der Waals surface area contributed by atoms with Crippen LogP contribution in [-0.2, 0) is 16.0 Å². The van der Waals surface area contributed by atoms with Crippen molar-refractivity contribution in [2.45, 2.75) is 44.1 Å². The minimum atomic E-state index is -0.277. The Bertz CT molecular complexity index is 1180. The monoisotopic (exact) mass is 460 g/mol. The maximum absolute atomic E-state index is 14.4. The molecule has 3 aromatic carbocycles. The quantitative estimate of drug-likeness (QED) is 0.372. The molecule has 0 saturated heterocycles. The molecule has 0 spiro atoms. The van der Waals surface area contributed by atoms with Crippen LogP contribution in [0.2, 0.25) is 0 Å². The van der Waals surface area contributed by atoms with Crippen molar-refractivity contribution >= 4 is 5.97 Å². The molecular weight excluding hydrogens is 431 g/mol. The van der Waals surface area contributed by atoms with Gasteiger partial charge in [-0.05, 0) is 84.0 Å². The Balaban J connectivity index is 1.35. The molecular formula is C29H29FO4. The number of hydrogen-bond donors (Lipinski definition) is 0. The molecule has 1 unspecified atom stereocenters. The van der Waals surface area contributed by atoms with Crippen LogP contribution in [-0.4, -0.2) is 20.2 Å². The van der Waals surface area contributed by atoms with Gasteiger partial charge in [-0.1, -0.05) is 36.4 Å². The standard InChI is InChI=1S/C29H29FO4/c1-32-23-12-13-26(30)25(16-23)19-5-7-20(8-6-19)27-14-11-21-9-10-22(15-28(21)34-27)24(18-3-4-18)17-29(31)33-2/h5-10,12-13,15-16,18,24,27H,3-4,11,14,17H2,1-2H3/t24-,27?/m0/s1. The maximum Gasteiger partial charge on any atom is 0.306 e. The average Bonchev–Trinajstić information content (AvgIpc) is 3.72. The van der Waals surface area contributed by atoms with Crippen LogP contribution in [0.3, 0.4) is 0 Å². The van der Waals surface area contributed by atoms with Crippen LogP contribution >= 0.6 is 0 Å². The van der Waals surface area contributed by atoms with E-state index in [-0.39, 0.29) is 23.8 Å². The average molecular weight is 461 g/mol. The number of rotatable bonds is 7. The molecule has 0 aromatic heterocycles. The summed E-state index contributed by atoms with van der Waals surface area (Å²) in [5.41, 5.74) is 4.73. The molecule has 1 fully saturated rings. The smallest absolute Gasteiger partial charge is 0.306 e. The summed E-state index contributed by atoms with van der Waals surface area (Å²) in [5, 5.41) is 0. The van der Waals surface area contributed by atoms with E-state index in [1.807, 2.05) is 24.3 Å². The number of ether oxygens (including phenoxy) is 3. The predicted octanol–water partition coefficient (Wildman–Crippen LogP) is 6.62. The maximum atomic E-state index is 14.4. The van der Waals surface area contributed by atoms with Crippen LogP contribution in [0.4, 0.5) is 4.39 Å². The van der Waals surface area contributed by atoms with Crippen LogP contribution in [0, 0.1) is 11.7 Å². The number of halogens is 1. The molecule has 1 aliphatic heterocycles. The minimum absolute atomic E-state index is 0.0630. The molecule has 5 heteroatoms. The van der Waals surface area contributed by atoms with Crippen LogP contribution in [0.5, 0.6) is 11.5 Å². The Morgan fingerprint density at radius 3 is 2.53 bits per heavy atom. The van der Waals surface area contributed by atoms with E-state index in [4.69, 9.17) is 14.2 Å². The number of aryl methyl sites for hydroxylation is 1. The number of carbonyl (C=O) groups is 1. The van der Waals surface area contributed by atoms with Crippen molar-refractivity contribution in [1.29, 1.82) is 0 Å². The number of hydrogen-bond acceptors (Lipinski definition) is 4. The third-order valence-corrected chi connectivity index (χ3v) is 7.04. The molecule has 4 nitrogen and oxygen atoms in total. The van der Waals surface area contributed by atoms with Crippen molar-refractivity contribution in [3.8, 4) is 22.6 Å². The molecule has 0 amide bonds. The van der Waals surface area contributed by atoms with Crippen molar-refractivity contribution in [3.63, 3.8) is 0 Å². The normalized spacial score (nSPS) is 17.9. The zero-order valence-electron chi connectivity index (χ0n) is 19.6. The Morgan fingerprint density at radius 2 is 1.82 bits per heavy atom. The van der Waals surface area contributed by atoms with Gasteiger partial charge in [-0.3, -0.25) is 4.79 Å². The van der Waals surface area contributed by atoms with Crippen molar-refractivity contribution in [3.05, 3.63) is 83.2 Å². The van der Waals surface area contributed by atoms with E-state index in [2.05, 4.69) is 18.2 Å². The first-order chi connectivity index (χ1) is 16.6. The van der Waals surface area contributed by atoms with Crippen molar-refractivity contribution < 1.29 is 23.4 Å². The fraction of sp³-hybridized carbons (Fsp3) is 0.345. The Kier molecular flexibility index (Phi) is 6.27. The second kappa shape index (κ2) is 9.49. The second-order valence-electron chi connectivity index (χ2n) is 9.20. The van der Waals surface area contributed by atoms with E-state index in [0.717, 1.165) is 48.1 Å². The number of carbonyl (C=O) groups excluding carboxylic acids is 1. The lowest BCUT2D eigenvalue weighted by molar-refractivity contribution is -0.141. The topological polar surface area (TPSA) is 44.8 Å². The number of esters is 1. The van der Waals surface area contributed by atoms with E-state index in [9.17, 15) is 9.18 Å². The number of methoxy groups -OCH3 is 2. The molecule has 3 aromatic rings. The largest absolute Gasteiger partial charge is 0.497 e. The van der Waals surface area contributed by atoms with Gasteiger partial charge in [0.2, 0.25) is 0 Å². The first kappa shape index (κ1) is 22.5. The SMILES string of the molecule is COC(=O)C[C@H](c1ccc2c(c1)OC(c1ccc(-c3cc(OC)ccc3F)cc1)CC2)C1CC1. The molecule has 1 heterocycles. The van der Waals surface area contributed by atoms with Gasteiger partial charge in [-0.15, -0.1) is 0 Å². The molecule has 0 N–H and O–H groups in total. The van der Waals surface area contributed by atoms with Gasteiger partial charge in [0, 0.05) is 5.56 Å². The lowest BCUT2D eigenvalue weighted by Crippen LogP contribution is -2.16. The molecule has 176 valence electrons. The molecule has 0 radical (unpaired) electrons. The van der Waals surface area contributed by atoms with Crippen LogP contribution in [0.1, 0.15) is 54.4 Å². The van der Waals surface area contributed by atoms with E-state index >= 15 is 0 Å². The highest BCUT2D eigenvalue weighted by atomic mass is 19.1. The highest BCUT2D eigenvalue weighted by Crippen LogP contribution is 2.46. The van der Waals surface area contributed by atoms with Gasteiger partial charge >= 0.3 is 5.97 Å². The van der Waals surface area contributed by atoms with Gasteiger partial charge < -0.3 is 14.2 Å². The van der Waals surface area contributed by atoms with E-state index in [1.54, 1.807) is 19.2 Å². The second-order valence-corrected chi connectivity index (χ2v) is 9.20. The van der Waals surface area contributed by atoms with Crippen molar-refractivity contribution in [2.24, 2.45) is 5.92 Å². The molecule has 0 bridgehead atoms. The first-order valence-electron chi connectivity index (χ1n) is 11.9. The summed E-state index contributed by atoms with van der Waals surface area (Å²) in [6.07, 6.45) is 4.47. The highest BCUT2D eigenvalue weighted by Gasteiger charge is 2.35. The van der Waals surface area contributed by atoms with Gasteiger partial charge in [0.05, 0.1) is 20.6 Å². The summed E-state index contributed by atoms with van der Waals surface area (Å²) in [5.74, 6) is 1.80. The highest BCUT2D eigenvalue weighted by molar-refractivity contribution is 5.70. The predicted molar refractivity (Wildman–Crippen MR) is 129 cm³/mol. The van der Waals surface area contributed by atoms with Gasteiger partial charge in [-0.25, -0.2) is 4.39 Å². The molecule has 1 saturated carbocycles. The number of fused-ring (bicyclic) bond motifs is 1. The van der Waals surface area contributed by atoms with Gasteiger partial charge in [0.1, 0.15) is 23.4 Å². The Morgan fingerprint density at radius 1 is 1.03 bits per heavy atom. The van der Waals surface area contributed by atoms with Crippen molar-refractivity contribution in [1.82, 2.24) is 0 Å². The van der Waals surface area contributed by atoms with Gasteiger partial charge in [0.15, 0.2) is 0 Å². The molecule has 2 aliphatic rings. The van der Waals surface area contributed by atoms with E-state index in [1.165, 1.54) is 18.7 Å². The fourth-order valence-corrected chi connectivity index (χ4v) is 4.90. The van der Waals surface area contributed by atoms with Crippen LogP contribution in [0.25, 0.3) is 11.1 Å². The van der Waals surface area contributed by atoms with Crippen molar-refractivity contribution in [2.75, 3.05) is 14.2 Å². The summed E-state index contributed by atoms with van der Waals surface area (Å²) in [7, 11) is 3.02. The van der Waals surface area contributed by atoms with E-state index in [0.29, 0.717) is 23.7 Å². The summed E-state index contributed by atoms with van der Waals surface area (Å²) < 4.78 is 31.0. The molecule has 34 heavy (non-hydrogen) atoms. The summed E-state index contributed by atoms with van der Waals surface area (Å²) >= 11 is 0. The van der Waals surface area contributed by atoms with Gasteiger partial charge in [-0.2, -0.15) is 0 Å². The zero-order valence-corrected chi connectivity index (χ0v) is 19.6. The lowest BCUT2D eigenvalue weighted by atomic mass is 9.88. The van der Waals surface area contributed by atoms with Crippen LogP contribution < -0.4 is 9.47 Å². The van der Waals surface area contributed by atoms with E-state index < -0.39 is 0 Å². The minimum Gasteiger partial charge on any atom is -0.497 e. The first-order valence-corrected chi connectivity index (χ1v) is 11.9. The Labute approximate surface area is 199 Å².